The van der Waals surface area contributed by atoms with E-state index >= 15 is 0 Å². The Bertz CT molecular complexity index is 1990. The third kappa shape index (κ3) is 4.85. The van der Waals surface area contributed by atoms with E-state index in [1.807, 2.05) is 142 Å². The average Bonchev–Trinajstić information content (AvgIpc) is 3.39. The molecule has 0 amide bonds. The number of nitrogens with one attached hydrogen (secondary N) is 1. The summed E-state index contributed by atoms with van der Waals surface area (Å²) in [5.74, 6) is 0. The van der Waals surface area contributed by atoms with Gasteiger partial charge in [-0.3, -0.25) is 0 Å². The number of sulfone groups is 1. The summed E-state index contributed by atoms with van der Waals surface area (Å²) in [4.78, 5) is 3.83. The van der Waals surface area contributed by atoms with Crippen LogP contribution in [0.3, 0.4) is 0 Å². The van der Waals surface area contributed by atoms with Gasteiger partial charge in [-0.1, -0.05) is 136 Å². The fraction of sp³-hybridized carbons (Fsp3) is 0.135. The van der Waals surface area contributed by atoms with Gasteiger partial charge in [0.25, 0.3) is 0 Å². The van der Waals surface area contributed by atoms with Crippen molar-refractivity contribution in [2.24, 2.45) is 5.41 Å². The Hall–Kier alpha value is -4.45. The molecule has 1 heterocycles. The number of H-pyrrole nitrogens is 1. The van der Waals surface area contributed by atoms with Crippen LogP contribution in [-0.2, 0) is 15.4 Å². The van der Waals surface area contributed by atoms with E-state index in [1.165, 1.54) is 0 Å². The number of fused-ring (bicyclic) bond motifs is 2. The average molecular weight is 572 g/mol. The van der Waals surface area contributed by atoms with Gasteiger partial charge in [-0.25, -0.2) is 8.42 Å². The van der Waals surface area contributed by atoms with E-state index in [0.717, 1.165) is 21.7 Å². The lowest BCUT2D eigenvalue weighted by molar-refractivity contribution is 0.121. The maximum atomic E-state index is 14.8. The number of hydrogen-bond donors (Lipinski definition) is 2. The van der Waals surface area contributed by atoms with Gasteiger partial charge in [0.15, 0.2) is 5.60 Å². The molecule has 0 aliphatic carbocycles. The fourth-order valence-corrected chi connectivity index (χ4v) is 7.39. The van der Waals surface area contributed by atoms with Crippen molar-refractivity contribution in [3.63, 3.8) is 0 Å². The molecular weight excluding hydrogens is 538 g/mol. The molecule has 0 aliphatic heterocycles. The Balaban J connectivity index is 1.72. The molecule has 0 saturated carbocycles. The molecule has 0 spiro atoms. The number of aromatic amines is 1. The van der Waals surface area contributed by atoms with Gasteiger partial charge in [0.05, 0.1) is 15.5 Å². The number of aliphatic hydroxyl groups is 1. The summed E-state index contributed by atoms with van der Waals surface area (Å²) < 4.78 is 29.6. The third-order valence-corrected chi connectivity index (χ3v) is 9.36. The first kappa shape index (κ1) is 27.7. The maximum Gasteiger partial charge on any atom is 0.206 e. The van der Waals surface area contributed by atoms with Crippen LogP contribution in [0.1, 0.15) is 43.2 Å². The summed E-state index contributed by atoms with van der Waals surface area (Å²) in [6.07, 6.45) is 1.81. The lowest BCUT2D eigenvalue weighted by Gasteiger charge is -2.31. The van der Waals surface area contributed by atoms with Gasteiger partial charge in [0, 0.05) is 16.5 Å². The second-order valence-electron chi connectivity index (χ2n) is 11.8. The van der Waals surface area contributed by atoms with Gasteiger partial charge >= 0.3 is 0 Å². The van der Waals surface area contributed by atoms with E-state index in [0.29, 0.717) is 22.4 Å². The van der Waals surface area contributed by atoms with E-state index < -0.39 is 20.9 Å². The molecule has 1 aromatic heterocycles. The van der Waals surface area contributed by atoms with E-state index in [1.54, 1.807) is 12.1 Å². The minimum absolute atomic E-state index is 0.156. The molecule has 0 bridgehead atoms. The standard InChI is InChI=1S/C37H33NO3S/c1-36(2,3)25-33(42(40,41)30-23-22-26-14-10-11-15-27(26)24-30)34-31-20-12-13-21-32(31)38-35(34)37(39,28-16-6-4-7-17-28)29-18-8-5-9-19-29/h4-25,38-39H,1-3H3/b33-25+. The molecule has 0 fully saturated rings. The van der Waals surface area contributed by atoms with E-state index in [9.17, 15) is 13.5 Å². The molecule has 6 aromatic rings. The first-order valence-electron chi connectivity index (χ1n) is 14.0. The van der Waals surface area contributed by atoms with E-state index in [-0.39, 0.29) is 9.80 Å². The van der Waals surface area contributed by atoms with Crippen LogP contribution in [0.2, 0.25) is 0 Å². The van der Waals surface area contributed by atoms with Gasteiger partial charge in [0.2, 0.25) is 9.84 Å². The molecule has 2 N–H and O–H groups in total. The summed E-state index contributed by atoms with van der Waals surface area (Å²) in [7, 11) is -4.06. The van der Waals surface area contributed by atoms with Gasteiger partial charge in [-0.05, 0) is 45.5 Å². The Morgan fingerprint density at radius 2 is 1.24 bits per heavy atom. The van der Waals surface area contributed by atoms with Crippen molar-refractivity contribution in [2.45, 2.75) is 31.3 Å². The molecule has 5 aromatic carbocycles. The molecule has 0 atom stereocenters. The topological polar surface area (TPSA) is 70.2 Å². The second kappa shape index (κ2) is 10.4. The van der Waals surface area contributed by atoms with Gasteiger partial charge < -0.3 is 10.1 Å². The van der Waals surface area contributed by atoms with Crippen molar-refractivity contribution in [3.05, 3.63) is 156 Å². The van der Waals surface area contributed by atoms with Crippen LogP contribution in [0.25, 0.3) is 26.6 Å². The number of allylic oxidation sites excluding steroid dienone is 1. The zero-order valence-electron chi connectivity index (χ0n) is 23.9. The number of para-hydroxylation sites is 1. The van der Waals surface area contributed by atoms with Gasteiger partial charge in [-0.15, -0.1) is 0 Å². The number of benzene rings is 5. The molecule has 0 saturated heterocycles. The first-order valence-corrected chi connectivity index (χ1v) is 15.5. The number of aromatic nitrogens is 1. The normalized spacial score (nSPS) is 13.1. The lowest BCUT2D eigenvalue weighted by atomic mass is 9.81. The SMILES string of the molecule is CC(C)(C)/C=C(\c1c(C(O)(c2ccccc2)c2ccccc2)[nH]c2ccccc12)S(=O)(=O)c1ccc2ccccc2c1. The quantitative estimate of drug-likeness (QED) is 0.211. The smallest absolute Gasteiger partial charge is 0.206 e. The van der Waals surface area contributed by atoms with Gasteiger partial charge in [-0.2, -0.15) is 0 Å². The zero-order chi connectivity index (χ0) is 29.5. The van der Waals surface area contributed by atoms with Crippen LogP contribution in [0.15, 0.2) is 138 Å². The fourth-order valence-electron chi connectivity index (χ4n) is 5.62. The molecule has 5 heteroatoms. The van der Waals surface area contributed by atoms with Crippen molar-refractivity contribution < 1.29 is 13.5 Å². The van der Waals surface area contributed by atoms with Crippen LogP contribution in [0.5, 0.6) is 0 Å². The molecular formula is C37H33NO3S. The molecule has 0 unspecified atom stereocenters. The molecule has 42 heavy (non-hydrogen) atoms. The summed E-state index contributed by atoms with van der Waals surface area (Å²) >= 11 is 0. The maximum absolute atomic E-state index is 14.8. The number of hydrogen-bond acceptors (Lipinski definition) is 3. The van der Waals surface area contributed by atoms with E-state index in [4.69, 9.17) is 0 Å². The molecule has 0 aliphatic rings. The summed E-state index contributed by atoms with van der Waals surface area (Å²) in [6.45, 7) is 5.95. The highest BCUT2D eigenvalue weighted by molar-refractivity contribution is 8.00. The lowest BCUT2D eigenvalue weighted by Crippen LogP contribution is -2.31. The molecule has 0 radical (unpaired) electrons. The third-order valence-electron chi connectivity index (χ3n) is 7.58. The Kier molecular flexibility index (Phi) is 6.88. The summed E-state index contributed by atoms with van der Waals surface area (Å²) in [5, 5.41) is 15.4. The first-order chi connectivity index (χ1) is 20.1. The Morgan fingerprint density at radius 1 is 0.690 bits per heavy atom. The van der Waals surface area contributed by atoms with Crippen molar-refractivity contribution in [2.75, 3.05) is 0 Å². The van der Waals surface area contributed by atoms with Gasteiger partial charge in [0.1, 0.15) is 0 Å². The monoisotopic (exact) mass is 571 g/mol. The van der Waals surface area contributed by atoms with Crippen molar-refractivity contribution in [3.8, 4) is 0 Å². The largest absolute Gasteiger partial charge is 0.375 e. The van der Waals surface area contributed by atoms with Crippen LogP contribution >= 0.6 is 0 Å². The molecule has 210 valence electrons. The highest BCUT2D eigenvalue weighted by Gasteiger charge is 2.41. The highest BCUT2D eigenvalue weighted by atomic mass is 32.2. The second-order valence-corrected chi connectivity index (χ2v) is 13.7. The van der Waals surface area contributed by atoms with Crippen molar-refractivity contribution >= 4 is 36.4 Å². The minimum atomic E-state index is -4.06. The highest BCUT2D eigenvalue weighted by Crippen LogP contribution is 2.46. The predicted molar refractivity (Wildman–Crippen MR) is 172 cm³/mol. The zero-order valence-corrected chi connectivity index (χ0v) is 24.7. The van der Waals surface area contributed by atoms with Crippen molar-refractivity contribution in [1.29, 1.82) is 0 Å². The van der Waals surface area contributed by atoms with Crippen LogP contribution in [0, 0.1) is 5.41 Å². The van der Waals surface area contributed by atoms with Crippen LogP contribution in [-0.4, -0.2) is 18.5 Å². The van der Waals surface area contributed by atoms with Crippen molar-refractivity contribution in [1.82, 2.24) is 4.98 Å². The molecule has 6 rings (SSSR count). The van der Waals surface area contributed by atoms with E-state index in [2.05, 4.69) is 4.98 Å². The van der Waals surface area contributed by atoms with Crippen LogP contribution in [0.4, 0.5) is 0 Å². The minimum Gasteiger partial charge on any atom is -0.375 e. The Labute approximate surface area is 246 Å². The predicted octanol–water partition coefficient (Wildman–Crippen LogP) is 8.47. The van der Waals surface area contributed by atoms with Crippen LogP contribution < -0.4 is 0 Å². The Morgan fingerprint density at radius 3 is 1.86 bits per heavy atom. The summed E-state index contributed by atoms with van der Waals surface area (Å²) in [6, 6.07) is 39.4. The molecule has 4 nitrogen and oxygen atoms in total. The number of rotatable bonds is 6. The summed E-state index contributed by atoms with van der Waals surface area (Å²) in [5.41, 5.74) is 0.690.